The van der Waals surface area contributed by atoms with Crippen molar-refractivity contribution in [3.63, 3.8) is 0 Å². The predicted octanol–water partition coefficient (Wildman–Crippen LogP) is 2.59. The molecule has 4 heteroatoms. The maximum absolute atomic E-state index is 12.9. The van der Waals surface area contributed by atoms with Crippen molar-refractivity contribution in [3.8, 4) is 0 Å². The van der Waals surface area contributed by atoms with Crippen LogP contribution < -0.4 is 0 Å². The lowest BCUT2D eigenvalue weighted by molar-refractivity contribution is -0.153. The first-order chi connectivity index (χ1) is 10.6. The molecule has 4 nitrogen and oxygen atoms in total. The van der Waals surface area contributed by atoms with Crippen molar-refractivity contribution in [1.29, 1.82) is 0 Å². The summed E-state index contributed by atoms with van der Waals surface area (Å²) >= 11 is 0. The lowest BCUT2D eigenvalue weighted by Crippen LogP contribution is -2.54. The second kappa shape index (κ2) is 5.55. The number of nitrogens with zero attached hydrogens (tertiary/aromatic N) is 2. The number of amides is 1. The maximum atomic E-state index is 12.9. The van der Waals surface area contributed by atoms with E-state index in [1.165, 1.54) is 5.01 Å². The van der Waals surface area contributed by atoms with Crippen molar-refractivity contribution in [2.45, 2.75) is 19.6 Å². The first kappa shape index (κ1) is 14.8. The van der Waals surface area contributed by atoms with Gasteiger partial charge in [-0.15, -0.1) is 0 Å². The van der Waals surface area contributed by atoms with Crippen LogP contribution in [0.4, 0.5) is 0 Å². The molecule has 1 atom stereocenters. The molecule has 1 heterocycles. The Morgan fingerprint density at radius 3 is 2.23 bits per heavy atom. The molecular formula is C18H20N2O2. The highest BCUT2D eigenvalue weighted by Crippen LogP contribution is 2.42. The van der Waals surface area contributed by atoms with Gasteiger partial charge in [0, 0.05) is 29.8 Å². The van der Waals surface area contributed by atoms with Crippen molar-refractivity contribution in [1.82, 2.24) is 10.0 Å². The van der Waals surface area contributed by atoms with Gasteiger partial charge >= 0.3 is 0 Å². The van der Waals surface area contributed by atoms with Gasteiger partial charge < -0.3 is 5.11 Å². The minimum absolute atomic E-state index is 0.161. The number of hydrazine groups is 1. The van der Waals surface area contributed by atoms with Crippen LogP contribution in [0.3, 0.4) is 0 Å². The maximum Gasteiger partial charge on any atom is 0.271 e. The highest BCUT2D eigenvalue weighted by molar-refractivity contribution is 6.00. The molecule has 22 heavy (non-hydrogen) atoms. The van der Waals surface area contributed by atoms with Crippen molar-refractivity contribution in [3.05, 3.63) is 71.3 Å². The van der Waals surface area contributed by atoms with Crippen molar-refractivity contribution < 1.29 is 9.90 Å². The molecule has 0 aliphatic carbocycles. The van der Waals surface area contributed by atoms with Crippen LogP contribution in [-0.2, 0) is 5.72 Å². The summed E-state index contributed by atoms with van der Waals surface area (Å²) in [6, 6.07) is 16.6. The fourth-order valence-electron chi connectivity index (χ4n) is 3.14. The zero-order valence-corrected chi connectivity index (χ0v) is 12.9. The number of rotatable bonds is 4. The van der Waals surface area contributed by atoms with E-state index in [2.05, 4.69) is 0 Å². The third-order valence-corrected chi connectivity index (χ3v) is 4.22. The van der Waals surface area contributed by atoms with E-state index >= 15 is 0 Å². The van der Waals surface area contributed by atoms with Gasteiger partial charge in [-0.3, -0.25) is 4.79 Å². The smallest absolute Gasteiger partial charge is 0.271 e. The SMILES string of the molecule is CCN(CC)N1C(=O)c2ccccc2C1(O)c1ccccc1. The normalized spacial score (nSPS) is 20.5. The van der Waals surface area contributed by atoms with Gasteiger partial charge in [0.05, 0.1) is 0 Å². The molecule has 1 aliphatic rings. The Hall–Kier alpha value is -2.17. The molecule has 1 amide bonds. The Balaban J connectivity index is 2.24. The zero-order valence-electron chi connectivity index (χ0n) is 12.9. The third kappa shape index (κ3) is 1.95. The van der Waals surface area contributed by atoms with E-state index in [1.807, 2.05) is 67.4 Å². The molecular weight excluding hydrogens is 276 g/mol. The second-order valence-electron chi connectivity index (χ2n) is 5.34. The molecule has 0 saturated carbocycles. The first-order valence-electron chi connectivity index (χ1n) is 7.61. The molecule has 3 rings (SSSR count). The number of aliphatic hydroxyl groups is 1. The largest absolute Gasteiger partial charge is 0.362 e. The second-order valence-corrected chi connectivity index (χ2v) is 5.34. The number of carbonyl (C=O) groups is 1. The zero-order chi connectivity index (χ0) is 15.7. The van der Waals surface area contributed by atoms with Crippen molar-refractivity contribution in [2.75, 3.05) is 13.1 Å². The summed E-state index contributed by atoms with van der Waals surface area (Å²) < 4.78 is 0. The van der Waals surface area contributed by atoms with Gasteiger partial charge in [0.15, 0.2) is 0 Å². The topological polar surface area (TPSA) is 43.8 Å². The summed E-state index contributed by atoms with van der Waals surface area (Å²) in [5.41, 5.74) is 0.431. The van der Waals surface area contributed by atoms with Crippen LogP contribution in [0.5, 0.6) is 0 Å². The molecule has 1 N–H and O–H groups in total. The number of carbonyl (C=O) groups excluding carboxylic acids is 1. The van der Waals surface area contributed by atoms with Crippen LogP contribution in [0, 0.1) is 0 Å². The minimum atomic E-state index is -1.46. The summed E-state index contributed by atoms with van der Waals surface area (Å²) in [4.78, 5) is 12.9. The van der Waals surface area contributed by atoms with Crippen LogP contribution >= 0.6 is 0 Å². The van der Waals surface area contributed by atoms with Gasteiger partial charge in [-0.05, 0) is 6.07 Å². The number of hydrogen-bond acceptors (Lipinski definition) is 3. The fraction of sp³-hybridized carbons (Fsp3) is 0.278. The minimum Gasteiger partial charge on any atom is -0.362 e. The average Bonchev–Trinajstić information content (AvgIpc) is 2.80. The lowest BCUT2D eigenvalue weighted by Gasteiger charge is -2.41. The van der Waals surface area contributed by atoms with E-state index in [9.17, 15) is 9.90 Å². The van der Waals surface area contributed by atoms with E-state index in [-0.39, 0.29) is 5.91 Å². The van der Waals surface area contributed by atoms with Crippen LogP contribution in [0.1, 0.15) is 35.3 Å². The summed E-state index contributed by atoms with van der Waals surface area (Å²) in [6.07, 6.45) is 0. The molecule has 0 bridgehead atoms. The van der Waals surface area contributed by atoms with Gasteiger partial charge in [-0.2, -0.15) is 0 Å². The first-order valence-corrected chi connectivity index (χ1v) is 7.61. The van der Waals surface area contributed by atoms with Gasteiger partial charge in [-0.1, -0.05) is 62.4 Å². The molecule has 2 aromatic rings. The Morgan fingerprint density at radius 1 is 1.00 bits per heavy atom. The van der Waals surface area contributed by atoms with Gasteiger partial charge in [0.2, 0.25) is 5.72 Å². The van der Waals surface area contributed by atoms with Crippen LogP contribution in [0.2, 0.25) is 0 Å². The molecule has 1 aliphatic heterocycles. The lowest BCUT2D eigenvalue weighted by atomic mass is 9.94. The van der Waals surface area contributed by atoms with Crippen LogP contribution in [0.15, 0.2) is 54.6 Å². The monoisotopic (exact) mass is 296 g/mol. The Kier molecular flexibility index (Phi) is 3.72. The number of benzene rings is 2. The summed E-state index contributed by atoms with van der Waals surface area (Å²) in [5, 5.41) is 14.9. The third-order valence-electron chi connectivity index (χ3n) is 4.22. The average molecular weight is 296 g/mol. The van der Waals surface area contributed by atoms with Gasteiger partial charge in [-0.25, -0.2) is 10.0 Å². The Labute approximate surface area is 130 Å². The van der Waals surface area contributed by atoms with E-state index in [0.29, 0.717) is 29.8 Å². The van der Waals surface area contributed by atoms with Crippen molar-refractivity contribution >= 4 is 5.91 Å². The van der Waals surface area contributed by atoms with Gasteiger partial charge in [0.1, 0.15) is 0 Å². The van der Waals surface area contributed by atoms with E-state index in [0.717, 1.165) is 0 Å². The standard InChI is InChI=1S/C18H20N2O2/c1-3-19(4-2)20-17(21)15-12-8-9-13-16(15)18(20,22)14-10-6-5-7-11-14/h5-13,22H,3-4H2,1-2H3. The molecule has 0 radical (unpaired) electrons. The quantitative estimate of drug-likeness (QED) is 0.943. The summed E-state index contributed by atoms with van der Waals surface area (Å²) in [7, 11) is 0. The Morgan fingerprint density at radius 2 is 1.59 bits per heavy atom. The van der Waals surface area contributed by atoms with Crippen LogP contribution in [-0.4, -0.2) is 34.1 Å². The summed E-state index contributed by atoms with van der Waals surface area (Å²) in [6.45, 7) is 5.24. The predicted molar refractivity (Wildman–Crippen MR) is 85.0 cm³/mol. The van der Waals surface area contributed by atoms with Gasteiger partial charge in [0.25, 0.3) is 5.91 Å². The molecule has 114 valence electrons. The van der Waals surface area contributed by atoms with Crippen LogP contribution in [0.25, 0.3) is 0 Å². The molecule has 0 fully saturated rings. The highest BCUT2D eigenvalue weighted by atomic mass is 16.3. The summed E-state index contributed by atoms with van der Waals surface area (Å²) in [5.74, 6) is -0.161. The number of hydrogen-bond donors (Lipinski definition) is 1. The van der Waals surface area contributed by atoms with Crippen molar-refractivity contribution in [2.24, 2.45) is 0 Å². The van der Waals surface area contributed by atoms with E-state index < -0.39 is 5.72 Å². The van der Waals surface area contributed by atoms with E-state index in [1.54, 1.807) is 6.07 Å². The van der Waals surface area contributed by atoms with E-state index in [4.69, 9.17) is 0 Å². The molecule has 1 unspecified atom stereocenters. The molecule has 0 aromatic heterocycles. The highest BCUT2D eigenvalue weighted by Gasteiger charge is 2.51. The molecule has 0 saturated heterocycles. The molecule has 0 spiro atoms. The number of fused-ring (bicyclic) bond motifs is 1. The fourth-order valence-corrected chi connectivity index (χ4v) is 3.14. The molecule has 2 aromatic carbocycles. The Bertz CT molecular complexity index is 682.